The highest BCUT2D eigenvalue weighted by atomic mass is 28.4. The number of aldehydes is 1. The van der Waals surface area contributed by atoms with Gasteiger partial charge >= 0.3 is 0 Å². The van der Waals surface area contributed by atoms with Crippen LogP contribution in [-0.2, 0) is 0 Å². The van der Waals surface area contributed by atoms with E-state index in [1.807, 2.05) is 12.1 Å². The van der Waals surface area contributed by atoms with Crippen LogP contribution in [0.25, 0.3) is 0 Å². The van der Waals surface area contributed by atoms with Gasteiger partial charge in [-0.05, 0) is 30.3 Å². The molecule has 0 unspecified atom stereocenters. The molecule has 0 aliphatic carbocycles. The number of para-hydroxylation sites is 1. The maximum absolute atomic E-state index is 11.0. The zero-order valence-corrected chi connectivity index (χ0v) is 13.0. The van der Waals surface area contributed by atoms with Gasteiger partial charge in [0, 0.05) is 0 Å². The van der Waals surface area contributed by atoms with Gasteiger partial charge in [0.15, 0.2) is 12.0 Å². The zero-order chi connectivity index (χ0) is 14.0. The molecule has 0 N–H and O–H groups in total. The molecule has 0 aromatic heterocycles. The molecule has 3 nitrogen and oxygen atoms in total. The van der Waals surface area contributed by atoms with Crippen LogP contribution in [0.4, 0.5) is 0 Å². The summed E-state index contributed by atoms with van der Waals surface area (Å²) in [4.78, 5) is 11.0. The average molecular weight is 266 g/mol. The van der Waals surface area contributed by atoms with Gasteiger partial charge in [0.25, 0.3) is 8.32 Å². The van der Waals surface area contributed by atoms with Crippen molar-refractivity contribution in [2.45, 2.75) is 38.9 Å². The Hall–Kier alpha value is -1.29. The van der Waals surface area contributed by atoms with Gasteiger partial charge in [-0.15, -0.1) is 0 Å². The summed E-state index contributed by atoms with van der Waals surface area (Å²) in [7, 11) is -0.369. The second-order valence-corrected chi connectivity index (χ2v) is 10.6. The van der Waals surface area contributed by atoms with Gasteiger partial charge in [0.1, 0.15) is 5.75 Å². The summed E-state index contributed by atoms with van der Waals surface area (Å²) >= 11 is 0. The summed E-state index contributed by atoms with van der Waals surface area (Å²) in [5.74, 6) is 1.19. The van der Waals surface area contributed by atoms with Gasteiger partial charge in [-0.25, -0.2) is 0 Å². The van der Waals surface area contributed by atoms with E-state index in [9.17, 15) is 4.79 Å². The van der Waals surface area contributed by atoms with Crippen LogP contribution in [-0.4, -0.2) is 21.7 Å². The molecular formula is C14H22O3Si. The summed E-state index contributed by atoms with van der Waals surface area (Å²) in [5.41, 5.74) is 0.522. The number of benzene rings is 1. The minimum atomic E-state index is -1.92. The van der Waals surface area contributed by atoms with Crippen molar-refractivity contribution in [3.8, 4) is 11.5 Å². The molecule has 0 heterocycles. The van der Waals surface area contributed by atoms with E-state index in [0.717, 1.165) is 6.29 Å². The van der Waals surface area contributed by atoms with Crippen molar-refractivity contribution >= 4 is 14.6 Å². The summed E-state index contributed by atoms with van der Waals surface area (Å²) in [5, 5.41) is 0.106. The first kappa shape index (κ1) is 14.8. The third kappa shape index (κ3) is 2.93. The molecule has 0 saturated heterocycles. The number of ether oxygens (including phenoxy) is 1. The van der Waals surface area contributed by atoms with Crippen LogP contribution in [0.15, 0.2) is 18.2 Å². The summed E-state index contributed by atoms with van der Waals surface area (Å²) in [6, 6.07) is 5.39. The second kappa shape index (κ2) is 5.14. The van der Waals surface area contributed by atoms with Gasteiger partial charge in [-0.3, -0.25) is 4.79 Å². The molecule has 1 aromatic carbocycles. The van der Waals surface area contributed by atoms with Crippen LogP contribution in [0.2, 0.25) is 18.1 Å². The average Bonchev–Trinajstić information content (AvgIpc) is 2.26. The van der Waals surface area contributed by atoms with Crippen LogP contribution in [0.3, 0.4) is 0 Å². The fourth-order valence-electron chi connectivity index (χ4n) is 1.35. The Morgan fingerprint density at radius 2 is 1.83 bits per heavy atom. The van der Waals surface area contributed by atoms with Crippen molar-refractivity contribution in [2.75, 3.05) is 7.11 Å². The fraction of sp³-hybridized carbons (Fsp3) is 0.500. The van der Waals surface area contributed by atoms with Crippen LogP contribution in [0.5, 0.6) is 11.5 Å². The first-order valence-corrected chi connectivity index (χ1v) is 8.95. The first-order valence-electron chi connectivity index (χ1n) is 6.04. The second-order valence-electron chi connectivity index (χ2n) is 5.86. The molecule has 0 aliphatic rings. The van der Waals surface area contributed by atoms with E-state index in [0.29, 0.717) is 17.1 Å². The molecule has 0 atom stereocenters. The van der Waals surface area contributed by atoms with Gasteiger partial charge in [-0.2, -0.15) is 0 Å². The molecule has 0 amide bonds. The van der Waals surface area contributed by atoms with Gasteiger partial charge in [0.2, 0.25) is 0 Å². The summed E-state index contributed by atoms with van der Waals surface area (Å²) < 4.78 is 11.5. The molecule has 0 bridgehead atoms. The van der Waals surface area contributed by atoms with Crippen LogP contribution >= 0.6 is 0 Å². The number of methoxy groups -OCH3 is 1. The lowest BCUT2D eigenvalue weighted by molar-refractivity contribution is 0.112. The topological polar surface area (TPSA) is 35.5 Å². The van der Waals surface area contributed by atoms with Crippen LogP contribution < -0.4 is 9.16 Å². The van der Waals surface area contributed by atoms with E-state index in [2.05, 4.69) is 33.9 Å². The summed E-state index contributed by atoms with van der Waals surface area (Å²) in [6.45, 7) is 10.9. The normalized spacial score (nSPS) is 12.1. The van der Waals surface area contributed by atoms with Crippen molar-refractivity contribution in [1.82, 2.24) is 0 Å². The Labute approximate surface area is 110 Å². The predicted octanol–water partition coefficient (Wildman–Crippen LogP) is 3.89. The highest BCUT2D eigenvalue weighted by Crippen LogP contribution is 2.40. The van der Waals surface area contributed by atoms with E-state index in [1.165, 1.54) is 0 Å². The monoisotopic (exact) mass is 266 g/mol. The quantitative estimate of drug-likeness (QED) is 0.612. The van der Waals surface area contributed by atoms with Crippen molar-refractivity contribution in [2.24, 2.45) is 0 Å². The number of carbonyl (C=O) groups excluding carboxylic acids is 1. The lowest BCUT2D eigenvalue weighted by atomic mass is 10.2. The Kier molecular flexibility index (Phi) is 4.22. The number of hydrogen-bond acceptors (Lipinski definition) is 3. The standard InChI is InChI=1S/C14H22O3Si/c1-14(2,3)18(5,6)17-12-9-7-8-11(10-15)13(12)16-4/h7-10H,1-6H3. The smallest absolute Gasteiger partial charge is 0.250 e. The summed E-state index contributed by atoms with van der Waals surface area (Å²) in [6.07, 6.45) is 0.789. The predicted molar refractivity (Wildman–Crippen MR) is 76.2 cm³/mol. The molecular weight excluding hydrogens is 244 g/mol. The van der Waals surface area contributed by atoms with Crippen molar-refractivity contribution < 1.29 is 14.0 Å². The molecule has 1 aromatic rings. The molecule has 0 aliphatic heterocycles. The number of hydrogen-bond donors (Lipinski definition) is 0. The molecule has 0 spiro atoms. The van der Waals surface area contributed by atoms with Gasteiger partial charge < -0.3 is 9.16 Å². The highest BCUT2D eigenvalue weighted by molar-refractivity contribution is 6.74. The molecule has 0 fully saturated rings. The number of carbonyl (C=O) groups is 1. The first-order chi connectivity index (χ1) is 8.23. The Balaban J connectivity index is 3.16. The molecule has 1 rings (SSSR count). The third-order valence-corrected chi connectivity index (χ3v) is 7.85. The minimum absolute atomic E-state index is 0.106. The molecule has 0 radical (unpaired) electrons. The molecule has 0 saturated carbocycles. The lowest BCUT2D eigenvalue weighted by Crippen LogP contribution is -2.43. The lowest BCUT2D eigenvalue weighted by Gasteiger charge is -2.36. The van der Waals surface area contributed by atoms with E-state index in [-0.39, 0.29) is 5.04 Å². The van der Waals surface area contributed by atoms with E-state index < -0.39 is 8.32 Å². The van der Waals surface area contributed by atoms with Crippen molar-refractivity contribution in [1.29, 1.82) is 0 Å². The highest BCUT2D eigenvalue weighted by Gasteiger charge is 2.39. The number of rotatable bonds is 4. The minimum Gasteiger partial charge on any atom is -0.541 e. The van der Waals surface area contributed by atoms with E-state index >= 15 is 0 Å². The van der Waals surface area contributed by atoms with Crippen LogP contribution in [0, 0.1) is 0 Å². The van der Waals surface area contributed by atoms with Crippen molar-refractivity contribution in [3.05, 3.63) is 23.8 Å². The Bertz CT molecular complexity index is 433. The van der Waals surface area contributed by atoms with Crippen LogP contribution in [0.1, 0.15) is 31.1 Å². The molecule has 100 valence electrons. The van der Waals surface area contributed by atoms with Gasteiger partial charge in [-0.1, -0.05) is 26.8 Å². The van der Waals surface area contributed by atoms with E-state index in [4.69, 9.17) is 9.16 Å². The third-order valence-electron chi connectivity index (χ3n) is 3.51. The van der Waals surface area contributed by atoms with Crippen molar-refractivity contribution in [3.63, 3.8) is 0 Å². The molecule has 4 heteroatoms. The Morgan fingerprint density at radius 1 is 1.22 bits per heavy atom. The fourth-order valence-corrected chi connectivity index (χ4v) is 2.37. The van der Waals surface area contributed by atoms with Gasteiger partial charge in [0.05, 0.1) is 12.7 Å². The largest absolute Gasteiger partial charge is 0.541 e. The SMILES string of the molecule is COc1c(C=O)cccc1O[Si](C)(C)C(C)(C)C. The maximum Gasteiger partial charge on any atom is 0.250 e. The maximum atomic E-state index is 11.0. The van der Waals surface area contributed by atoms with E-state index in [1.54, 1.807) is 13.2 Å². The Morgan fingerprint density at radius 3 is 2.28 bits per heavy atom. The molecule has 18 heavy (non-hydrogen) atoms. The zero-order valence-electron chi connectivity index (χ0n) is 12.0.